The van der Waals surface area contributed by atoms with Gasteiger partial charge in [-0.05, 0) is 43.3 Å². The van der Waals surface area contributed by atoms with E-state index < -0.39 is 0 Å². The van der Waals surface area contributed by atoms with E-state index in [2.05, 4.69) is 50.3 Å². The van der Waals surface area contributed by atoms with Gasteiger partial charge in [-0.15, -0.1) is 11.3 Å². The average Bonchev–Trinajstić information content (AvgIpc) is 3.55. The van der Waals surface area contributed by atoms with Crippen LogP contribution in [0.15, 0.2) is 61.2 Å². The number of aromatic amines is 2. The number of rotatable bonds is 4. The van der Waals surface area contributed by atoms with E-state index >= 15 is 0 Å². The molecule has 0 saturated heterocycles. The number of pyridine rings is 3. The van der Waals surface area contributed by atoms with Crippen molar-refractivity contribution in [1.29, 1.82) is 0 Å². The van der Waals surface area contributed by atoms with Crippen molar-refractivity contribution in [2.24, 2.45) is 0 Å². The number of methoxy groups -OCH3 is 1. The van der Waals surface area contributed by atoms with Crippen molar-refractivity contribution in [1.82, 2.24) is 30.1 Å². The Morgan fingerprint density at radius 3 is 2.69 bits per heavy atom. The Balaban J connectivity index is 1.49. The molecule has 6 aromatic rings. The second-order valence-electron chi connectivity index (χ2n) is 7.52. The van der Waals surface area contributed by atoms with Crippen LogP contribution in [-0.4, -0.2) is 37.2 Å². The molecule has 0 atom stereocenters. The van der Waals surface area contributed by atoms with Crippen LogP contribution in [-0.2, 0) is 0 Å². The minimum atomic E-state index is 0.691. The lowest BCUT2D eigenvalue weighted by molar-refractivity contribution is 0.413. The second-order valence-corrected chi connectivity index (χ2v) is 8.81. The fourth-order valence-electron chi connectivity index (χ4n) is 3.87. The molecule has 0 radical (unpaired) electrons. The van der Waals surface area contributed by atoms with E-state index in [0.717, 1.165) is 50.1 Å². The highest BCUT2D eigenvalue weighted by molar-refractivity contribution is 7.15. The molecule has 0 spiro atoms. The van der Waals surface area contributed by atoms with Crippen LogP contribution < -0.4 is 4.74 Å². The molecule has 6 heterocycles. The highest BCUT2D eigenvalue weighted by Gasteiger charge is 2.16. The Morgan fingerprint density at radius 2 is 1.84 bits per heavy atom. The molecule has 0 saturated carbocycles. The molecular formula is C24H18N6OS. The predicted molar refractivity (Wildman–Crippen MR) is 127 cm³/mol. The number of ether oxygens (including phenoxy) is 1. The van der Waals surface area contributed by atoms with Gasteiger partial charge in [0.1, 0.15) is 17.0 Å². The van der Waals surface area contributed by atoms with Gasteiger partial charge in [-0.3, -0.25) is 15.1 Å². The second kappa shape index (κ2) is 7.28. The fourth-order valence-corrected chi connectivity index (χ4v) is 4.76. The third kappa shape index (κ3) is 3.04. The molecule has 0 aliphatic heterocycles. The maximum atomic E-state index is 5.31. The lowest BCUT2D eigenvalue weighted by Gasteiger charge is -2.04. The molecule has 0 amide bonds. The lowest BCUT2D eigenvalue weighted by Crippen LogP contribution is -1.89. The van der Waals surface area contributed by atoms with Gasteiger partial charge in [-0.1, -0.05) is 0 Å². The summed E-state index contributed by atoms with van der Waals surface area (Å²) in [5.41, 5.74) is 7.08. The van der Waals surface area contributed by atoms with Crippen LogP contribution in [0.4, 0.5) is 0 Å². The number of fused-ring (bicyclic) bond motifs is 2. The van der Waals surface area contributed by atoms with Gasteiger partial charge < -0.3 is 9.72 Å². The Kier molecular flexibility index (Phi) is 4.26. The van der Waals surface area contributed by atoms with Gasteiger partial charge in [0.2, 0.25) is 0 Å². The summed E-state index contributed by atoms with van der Waals surface area (Å²) in [5, 5.41) is 8.77. The third-order valence-corrected chi connectivity index (χ3v) is 6.49. The minimum Gasteiger partial charge on any atom is -0.495 e. The molecule has 8 heteroatoms. The molecule has 6 aromatic heterocycles. The lowest BCUT2D eigenvalue weighted by atomic mass is 10.1. The van der Waals surface area contributed by atoms with Crippen molar-refractivity contribution >= 4 is 33.3 Å². The smallest absolute Gasteiger partial charge is 0.137 e. The molecule has 0 unspecified atom stereocenters. The SMILES string of the molecule is COc1cncc(-c2ccc3[nH]nc(-c4cc5c(-c6ccc(C)s6)cncc5[nH]4)c3n2)c1. The third-order valence-electron chi connectivity index (χ3n) is 5.46. The topological polar surface area (TPSA) is 92.4 Å². The Hall–Kier alpha value is -4.04. The molecular weight excluding hydrogens is 420 g/mol. The summed E-state index contributed by atoms with van der Waals surface area (Å²) in [6, 6.07) is 12.3. The van der Waals surface area contributed by atoms with Gasteiger partial charge in [0, 0.05) is 38.7 Å². The molecule has 0 bridgehead atoms. The summed E-state index contributed by atoms with van der Waals surface area (Å²) < 4.78 is 5.31. The fraction of sp³-hybridized carbons (Fsp3) is 0.0833. The van der Waals surface area contributed by atoms with Gasteiger partial charge in [0.25, 0.3) is 0 Å². The van der Waals surface area contributed by atoms with E-state index in [1.54, 1.807) is 30.8 Å². The van der Waals surface area contributed by atoms with Crippen molar-refractivity contribution in [3.05, 3.63) is 66.1 Å². The number of nitrogens with zero attached hydrogens (tertiary/aromatic N) is 4. The van der Waals surface area contributed by atoms with Gasteiger partial charge >= 0.3 is 0 Å². The van der Waals surface area contributed by atoms with Crippen LogP contribution in [0.1, 0.15) is 4.88 Å². The normalized spacial score (nSPS) is 11.4. The molecule has 0 aliphatic rings. The van der Waals surface area contributed by atoms with Crippen LogP contribution in [0, 0.1) is 6.92 Å². The van der Waals surface area contributed by atoms with E-state index in [1.807, 2.05) is 30.6 Å². The molecule has 0 fully saturated rings. The first kappa shape index (κ1) is 18.7. The Bertz CT molecular complexity index is 1600. The molecule has 32 heavy (non-hydrogen) atoms. The molecule has 6 rings (SSSR count). The molecule has 156 valence electrons. The summed E-state index contributed by atoms with van der Waals surface area (Å²) in [4.78, 5) is 19.5. The summed E-state index contributed by atoms with van der Waals surface area (Å²) in [6.45, 7) is 2.11. The molecule has 0 aromatic carbocycles. The predicted octanol–water partition coefficient (Wildman–Crippen LogP) is 5.61. The number of nitrogens with one attached hydrogen (secondary N) is 2. The van der Waals surface area contributed by atoms with E-state index in [1.165, 1.54) is 9.75 Å². The maximum absolute atomic E-state index is 5.31. The largest absolute Gasteiger partial charge is 0.495 e. The molecule has 2 N–H and O–H groups in total. The number of hydrogen-bond acceptors (Lipinski definition) is 6. The summed E-state index contributed by atoms with van der Waals surface area (Å²) >= 11 is 1.76. The highest BCUT2D eigenvalue weighted by atomic mass is 32.1. The van der Waals surface area contributed by atoms with Gasteiger partial charge in [0.15, 0.2) is 0 Å². The van der Waals surface area contributed by atoms with Crippen molar-refractivity contribution in [2.45, 2.75) is 6.92 Å². The van der Waals surface area contributed by atoms with Crippen LogP contribution >= 0.6 is 11.3 Å². The first-order valence-electron chi connectivity index (χ1n) is 10.1. The van der Waals surface area contributed by atoms with Gasteiger partial charge in [-0.2, -0.15) is 5.10 Å². The first-order chi connectivity index (χ1) is 15.7. The minimum absolute atomic E-state index is 0.691. The van der Waals surface area contributed by atoms with E-state index in [4.69, 9.17) is 9.72 Å². The van der Waals surface area contributed by atoms with Crippen molar-refractivity contribution in [3.8, 4) is 38.8 Å². The number of hydrogen-bond donors (Lipinski definition) is 2. The van der Waals surface area contributed by atoms with Gasteiger partial charge in [0.05, 0.1) is 41.9 Å². The van der Waals surface area contributed by atoms with Crippen molar-refractivity contribution < 1.29 is 4.74 Å². The van der Waals surface area contributed by atoms with Crippen LogP contribution in [0.5, 0.6) is 5.75 Å². The van der Waals surface area contributed by atoms with Gasteiger partial charge in [-0.25, -0.2) is 4.98 Å². The zero-order chi connectivity index (χ0) is 21.7. The van der Waals surface area contributed by atoms with E-state index in [9.17, 15) is 0 Å². The monoisotopic (exact) mass is 438 g/mol. The number of H-pyrrole nitrogens is 2. The standard InChI is InChI=1S/C24H18N6OS/c1-13-3-6-22(32-13)17-11-26-12-21-16(17)8-20(27-21)24-23-19(29-30-24)5-4-18(28-23)14-7-15(31-2)10-25-9-14/h3-12,27H,1-2H3,(H,29,30). The molecule has 7 nitrogen and oxygen atoms in total. The maximum Gasteiger partial charge on any atom is 0.137 e. The Labute approximate surface area is 187 Å². The zero-order valence-corrected chi connectivity index (χ0v) is 18.2. The van der Waals surface area contributed by atoms with E-state index in [0.29, 0.717) is 5.75 Å². The van der Waals surface area contributed by atoms with E-state index in [-0.39, 0.29) is 0 Å². The summed E-state index contributed by atoms with van der Waals surface area (Å²) in [5.74, 6) is 0.691. The first-order valence-corrected chi connectivity index (χ1v) is 10.9. The summed E-state index contributed by atoms with van der Waals surface area (Å²) in [6.07, 6.45) is 7.22. The van der Waals surface area contributed by atoms with Crippen molar-refractivity contribution in [3.63, 3.8) is 0 Å². The average molecular weight is 439 g/mol. The number of aryl methyl sites for hydroxylation is 1. The number of thiophene rings is 1. The van der Waals surface area contributed by atoms with Crippen molar-refractivity contribution in [2.75, 3.05) is 7.11 Å². The number of aromatic nitrogens is 6. The van der Waals surface area contributed by atoms with Crippen LogP contribution in [0.3, 0.4) is 0 Å². The zero-order valence-electron chi connectivity index (χ0n) is 17.4. The highest BCUT2D eigenvalue weighted by Crippen LogP contribution is 2.36. The van der Waals surface area contributed by atoms with Crippen LogP contribution in [0.25, 0.3) is 55.0 Å². The molecule has 0 aliphatic carbocycles. The Morgan fingerprint density at radius 1 is 0.938 bits per heavy atom. The summed E-state index contributed by atoms with van der Waals surface area (Å²) in [7, 11) is 1.63. The quantitative estimate of drug-likeness (QED) is 0.373. The van der Waals surface area contributed by atoms with Crippen LogP contribution in [0.2, 0.25) is 0 Å².